The highest BCUT2D eigenvalue weighted by molar-refractivity contribution is 6.07. The van der Waals surface area contributed by atoms with E-state index in [9.17, 15) is 9.59 Å². The van der Waals surface area contributed by atoms with Gasteiger partial charge in [0.1, 0.15) is 0 Å². The number of benzene rings is 2. The van der Waals surface area contributed by atoms with Crippen LogP contribution >= 0.6 is 0 Å². The Kier molecular flexibility index (Phi) is 5.28. The molecule has 0 bridgehead atoms. The largest absolute Gasteiger partial charge is 0.454 e. The van der Waals surface area contributed by atoms with Gasteiger partial charge in [-0.3, -0.25) is 4.79 Å². The Morgan fingerprint density at radius 3 is 2.79 bits per heavy atom. The molecule has 2 aromatic carbocycles. The van der Waals surface area contributed by atoms with Crippen LogP contribution in [0.25, 0.3) is 22.6 Å². The number of rotatable bonds is 3. The number of ether oxygens (including phenoxy) is 3. The minimum Gasteiger partial charge on any atom is -0.454 e. The van der Waals surface area contributed by atoms with E-state index in [2.05, 4.69) is 6.08 Å². The fraction of sp³-hybridized carbons (Fsp3) is 0.321. The van der Waals surface area contributed by atoms with Crippen LogP contribution in [0.2, 0.25) is 0 Å². The molecule has 0 saturated heterocycles. The molecular weight excluding hydrogens is 430 g/mol. The SMILES string of the molecule is O=C(OC1CCCCC1=O)c1c2c(nc3ccccc13)/C(=C\c1ccc3c(c1)OCO3)CCC2. The molecular formula is C28H25NO5. The van der Waals surface area contributed by atoms with E-state index in [4.69, 9.17) is 19.2 Å². The number of pyridine rings is 1. The molecule has 6 heteroatoms. The molecule has 1 unspecified atom stereocenters. The minimum atomic E-state index is -0.643. The normalized spacial score (nSPS) is 20.4. The summed E-state index contributed by atoms with van der Waals surface area (Å²) in [5.74, 6) is 1.09. The highest BCUT2D eigenvalue weighted by atomic mass is 16.7. The molecule has 2 aliphatic carbocycles. The first-order valence-electron chi connectivity index (χ1n) is 11.9. The number of Topliss-reactive ketones (excluding diaryl/α,β-unsaturated/α-hetero) is 1. The minimum absolute atomic E-state index is 0.0234. The number of para-hydroxylation sites is 1. The Morgan fingerprint density at radius 1 is 1.00 bits per heavy atom. The van der Waals surface area contributed by atoms with Crippen LogP contribution in [0, 0.1) is 0 Å². The summed E-state index contributed by atoms with van der Waals surface area (Å²) < 4.78 is 16.8. The van der Waals surface area contributed by atoms with Gasteiger partial charge in [0, 0.05) is 11.8 Å². The molecule has 1 saturated carbocycles. The molecule has 1 aromatic heterocycles. The summed E-state index contributed by atoms with van der Waals surface area (Å²) in [5.41, 5.74) is 5.12. The highest BCUT2D eigenvalue weighted by Gasteiger charge is 2.30. The van der Waals surface area contributed by atoms with Crippen LogP contribution in [0.5, 0.6) is 11.5 Å². The number of aromatic nitrogens is 1. The average Bonchev–Trinajstić information content (AvgIpc) is 3.32. The molecule has 0 N–H and O–H groups in total. The van der Waals surface area contributed by atoms with Crippen LogP contribution in [-0.4, -0.2) is 29.6 Å². The van der Waals surface area contributed by atoms with Crippen molar-refractivity contribution in [1.82, 2.24) is 4.98 Å². The predicted molar refractivity (Wildman–Crippen MR) is 128 cm³/mol. The second-order valence-corrected chi connectivity index (χ2v) is 9.07. The van der Waals surface area contributed by atoms with Crippen LogP contribution in [0.4, 0.5) is 0 Å². The van der Waals surface area contributed by atoms with Crippen molar-refractivity contribution in [3.63, 3.8) is 0 Å². The summed E-state index contributed by atoms with van der Waals surface area (Å²) in [4.78, 5) is 30.8. The Hall–Kier alpha value is -3.67. The number of hydrogen-bond acceptors (Lipinski definition) is 6. The number of hydrogen-bond donors (Lipinski definition) is 0. The second-order valence-electron chi connectivity index (χ2n) is 9.07. The molecule has 1 fully saturated rings. The fourth-order valence-electron chi connectivity index (χ4n) is 5.18. The van der Waals surface area contributed by atoms with Crippen molar-refractivity contribution >= 4 is 34.3 Å². The Labute approximate surface area is 197 Å². The van der Waals surface area contributed by atoms with E-state index in [1.165, 1.54) is 0 Å². The molecule has 6 rings (SSSR count). The van der Waals surface area contributed by atoms with E-state index < -0.39 is 12.1 Å². The standard InChI is InChI=1S/C28H25NO5/c30-22-10-3-4-11-23(22)34-28(31)26-19-7-1-2-9-21(19)29-27-18(6-5-8-20(26)27)14-17-12-13-24-25(15-17)33-16-32-24/h1-2,7,9,12-15,23H,3-6,8,10-11,16H2/b18-14-. The van der Waals surface area contributed by atoms with E-state index in [0.717, 1.165) is 76.9 Å². The van der Waals surface area contributed by atoms with Crippen molar-refractivity contribution < 1.29 is 23.8 Å². The first-order chi connectivity index (χ1) is 16.7. The number of ketones is 1. The van der Waals surface area contributed by atoms with E-state index in [0.29, 0.717) is 18.4 Å². The summed E-state index contributed by atoms with van der Waals surface area (Å²) in [6.45, 7) is 0.237. The quantitative estimate of drug-likeness (QED) is 0.485. The zero-order valence-corrected chi connectivity index (χ0v) is 18.8. The topological polar surface area (TPSA) is 74.7 Å². The number of esters is 1. The summed E-state index contributed by atoms with van der Waals surface area (Å²) in [6, 6.07) is 13.5. The van der Waals surface area contributed by atoms with Crippen molar-refractivity contribution in [2.75, 3.05) is 6.79 Å². The maximum Gasteiger partial charge on any atom is 0.339 e. The molecule has 0 amide bonds. The van der Waals surface area contributed by atoms with Crippen LogP contribution in [-0.2, 0) is 16.0 Å². The smallest absolute Gasteiger partial charge is 0.339 e. The van der Waals surface area contributed by atoms with Gasteiger partial charge in [-0.1, -0.05) is 24.3 Å². The third-order valence-electron chi connectivity index (χ3n) is 6.86. The number of allylic oxidation sites excluding steroid dienone is 1. The van der Waals surface area contributed by atoms with Gasteiger partial charge in [0.25, 0.3) is 0 Å². The third kappa shape index (κ3) is 3.73. The van der Waals surface area contributed by atoms with Gasteiger partial charge in [-0.25, -0.2) is 9.78 Å². The van der Waals surface area contributed by atoms with Crippen LogP contribution in [0.15, 0.2) is 42.5 Å². The van der Waals surface area contributed by atoms with E-state index in [-0.39, 0.29) is 12.6 Å². The zero-order valence-electron chi connectivity index (χ0n) is 18.8. The molecule has 1 atom stereocenters. The summed E-state index contributed by atoms with van der Waals surface area (Å²) in [7, 11) is 0. The van der Waals surface area contributed by atoms with Gasteiger partial charge >= 0.3 is 5.97 Å². The lowest BCUT2D eigenvalue weighted by Crippen LogP contribution is -2.30. The highest BCUT2D eigenvalue weighted by Crippen LogP contribution is 2.38. The van der Waals surface area contributed by atoms with Gasteiger partial charge in [0.2, 0.25) is 6.79 Å². The summed E-state index contributed by atoms with van der Waals surface area (Å²) in [6.07, 6.45) is 6.84. The molecule has 3 aliphatic rings. The van der Waals surface area contributed by atoms with Crippen molar-refractivity contribution in [2.45, 2.75) is 51.0 Å². The van der Waals surface area contributed by atoms with Crippen LogP contribution < -0.4 is 9.47 Å². The monoisotopic (exact) mass is 455 g/mol. The molecule has 0 spiro atoms. The van der Waals surface area contributed by atoms with Crippen molar-refractivity contribution in [2.24, 2.45) is 0 Å². The van der Waals surface area contributed by atoms with Gasteiger partial charge in [-0.05, 0) is 79.5 Å². The van der Waals surface area contributed by atoms with Gasteiger partial charge in [-0.2, -0.15) is 0 Å². The molecule has 34 heavy (non-hydrogen) atoms. The van der Waals surface area contributed by atoms with Gasteiger partial charge < -0.3 is 14.2 Å². The van der Waals surface area contributed by atoms with Gasteiger partial charge in [0.15, 0.2) is 23.4 Å². The second kappa shape index (κ2) is 8.60. The first-order valence-corrected chi connectivity index (χ1v) is 11.9. The maximum atomic E-state index is 13.5. The molecule has 2 heterocycles. The van der Waals surface area contributed by atoms with E-state index >= 15 is 0 Å². The molecule has 6 nitrogen and oxygen atoms in total. The number of carbonyl (C=O) groups is 2. The lowest BCUT2D eigenvalue weighted by atomic mass is 9.85. The zero-order chi connectivity index (χ0) is 23.1. The van der Waals surface area contributed by atoms with Gasteiger partial charge in [0.05, 0.1) is 16.8 Å². The van der Waals surface area contributed by atoms with Gasteiger partial charge in [-0.15, -0.1) is 0 Å². The average molecular weight is 456 g/mol. The summed E-state index contributed by atoms with van der Waals surface area (Å²) in [5, 5.41) is 0.777. The van der Waals surface area contributed by atoms with E-state index in [1.54, 1.807) is 0 Å². The summed E-state index contributed by atoms with van der Waals surface area (Å²) >= 11 is 0. The first kappa shape index (κ1) is 20.9. The van der Waals surface area contributed by atoms with Crippen molar-refractivity contribution in [3.8, 4) is 11.5 Å². The Bertz CT molecular complexity index is 1340. The van der Waals surface area contributed by atoms with Crippen LogP contribution in [0.1, 0.15) is 65.7 Å². The molecule has 172 valence electrons. The Balaban J connectivity index is 1.44. The van der Waals surface area contributed by atoms with Crippen LogP contribution in [0.3, 0.4) is 0 Å². The molecule has 1 aliphatic heterocycles. The predicted octanol–water partition coefficient (Wildman–Crippen LogP) is 5.51. The maximum absolute atomic E-state index is 13.5. The van der Waals surface area contributed by atoms with Crippen molar-refractivity contribution in [3.05, 3.63) is 64.8 Å². The lowest BCUT2D eigenvalue weighted by molar-refractivity contribution is -0.129. The molecule has 0 radical (unpaired) electrons. The number of nitrogens with zero attached hydrogens (tertiary/aromatic N) is 1. The Morgan fingerprint density at radius 2 is 1.88 bits per heavy atom. The lowest BCUT2D eigenvalue weighted by Gasteiger charge is -2.25. The van der Waals surface area contributed by atoms with E-state index in [1.807, 2.05) is 42.5 Å². The fourth-order valence-corrected chi connectivity index (χ4v) is 5.18. The van der Waals surface area contributed by atoms with Crippen molar-refractivity contribution in [1.29, 1.82) is 0 Å². The number of carbonyl (C=O) groups excluding carboxylic acids is 2. The third-order valence-corrected chi connectivity index (χ3v) is 6.86. The number of fused-ring (bicyclic) bond motifs is 3. The molecule has 3 aromatic rings.